The third kappa shape index (κ3) is 5.25. The van der Waals surface area contributed by atoms with Gasteiger partial charge in [0.25, 0.3) is 5.56 Å². The van der Waals surface area contributed by atoms with E-state index in [9.17, 15) is 13.2 Å². The third-order valence-corrected chi connectivity index (χ3v) is 8.61. The molecule has 0 unspecified atom stereocenters. The third-order valence-electron chi connectivity index (χ3n) is 5.85. The molecular weight excluding hydrogens is 530 g/mol. The lowest BCUT2D eigenvalue weighted by Crippen LogP contribution is -2.39. The minimum atomic E-state index is -3.53. The van der Waals surface area contributed by atoms with Crippen molar-refractivity contribution in [1.82, 2.24) is 14.6 Å². The summed E-state index contributed by atoms with van der Waals surface area (Å²) in [5.74, 6) is -0.0765. The second-order valence-electron chi connectivity index (χ2n) is 8.15. The van der Waals surface area contributed by atoms with Crippen molar-refractivity contribution in [2.45, 2.75) is 37.2 Å². The van der Waals surface area contributed by atoms with Crippen LogP contribution in [0.5, 0.6) is 0 Å². The van der Waals surface area contributed by atoms with Crippen LogP contribution in [0.25, 0.3) is 10.9 Å². The van der Waals surface area contributed by atoms with E-state index in [1.165, 1.54) is 29.2 Å². The first kappa shape index (κ1) is 24.2. The molecule has 0 aliphatic carbocycles. The highest BCUT2D eigenvalue weighted by Crippen LogP contribution is 2.27. The molecule has 0 bridgehead atoms. The van der Waals surface area contributed by atoms with Crippen LogP contribution in [0.3, 0.4) is 0 Å². The summed E-state index contributed by atoms with van der Waals surface area (Å²) in [6.45, 7) is 4.18. The Hall–Kier alpha value is -1.98. The molecule has 1 aromatic heterocycles. The van der Waals surface area contributed by atoms with Gasteiger partial charge in [-0.05, 0) is 61.8 Å². The van der Waals surface area contributed by atoms with Gasteiger partial charge in [0.05, 0.1) is 27.2 Å². The molecule has 8 nitrogen and oxygen atoms in total. The van der Waals surface area contributed by atoms with Crippen LogP contribution in [0.2, 0.25) is 5.02 Å². The summed E-state index contributed by atoms with van der Waals surface area (Å²) in [6.07, 6.45) is 3.30. The monoisotopic (exact) mass is 553 g/mol. The molecule has 3 N–H and O–H groups in total. The van der Waals surface area contributed by atoms with Gasteiger partial charge in [-0.1, -0.05) is 34.5 Å². The maximum atomic E-state index is 13.2. The summed E-state index contributed by atoms with van der Waals surface area (Å²) in [4.78, 5) is 20.0. The van der Waals surface area contributed by atoms with E-state index >= 15 is 0 Å². The van der Waals surface area contributed by atoms with Crippen molar-refractivity contribution in [3.8, 4) is 0 Å². The van der Waals surface area contributed by atoms with Crippen LogP contribution in [-0.2, 0) is 16.4 Å². The summed E-state index contributed by atoms with van der Waals surface area (Å²) in [7, 11) is -3.53. The van der Waals surface area contributed by atoms with E-state index in [-0.39, 0.29) is 27.9 Å². The van der Waals surface area contributed by atoms with E-state index in [1.54, 1.807) is 13.0 Å². The smallest absolute Gasteiger partial charge is 0.280 e. The molecule has 1 aliphatic rings. The molecule has 33 heavy (non-hydrogen) atoms. The molecule has 1 saturated heterocycles. The quantitative estimate of drug-likeness (QED) is 0.480. The Bertz CT molecular complexity index is 1350. The van der Waals surface area contributed by atoms with E-state index < -0.39 is 9.84 Å². The van der Waals surface area contributed by atoms with Crippen LogP contribution < -0.4 is 16.7 Å². The number of likely N-dealkylation sites (tertiary alicyclic amines) is 1. The normalized spacial score (nSPS) is 15.8. The Morgan fingerprint density at radius 1 is 1.24 bits per heavy atom. The molecular formula is C22H25BrClN5O3S. The average Bonchev–Trinajstić information content (AvgIpc) is 2.78. The van der Waals surface area contributed by atoms with E-state index in [0.29, 0.717) is 15.9 Å². The van der Waals surface area contributed by atoms with Gasteiger partial charge >= 0.3 is 0 Å². The Labute approximate surface area is 205 Å². The lowest BCUT2D eigenvalue weighted by atomic mass is 10.0. The fourth-order valence-corrected chi connectivity index (χ4v) is 5.55. The summed E-state index contributed by atoms with van der Waals surface area (Å²) < 4.78 is 26.9. The average molecular weight is 555 g/mol. The number of piperidine rings is 1. The topological polar surface area (TPSA) is 110 Å². The van der Waals surface area contributed by atoms with Crippen molar-refractivity contribution in [2.75, 3.05) is 24.3 Å². The molecule has 0 atom stereocenters. The first-order valence-electron chi connectivity index (χ1n) is 10.6. The molecule has 1 aliphatic heterocycles. The largest absolute Gasteiger partial charge is 0.328 e. The van der Waals surface area contributed by atoms with Crippen molar-refractivity contribution in [3.63, 3.8) is 0 Å². The van der Waals surface area contributed by atoms with Gasteiger partial charge in [0.15, 0.2) is 9.84 Å². The van der Waals surface area contributed by atoms with Crippen molar-refractivity contribution < 1.29 is 8.42 Å². The van der Waals surface area contributed by atoms with E-state index in [1.807, 2.05) is 6.07 Å². The number of benzene rings is 2. The molecule has 0 amide bonds. The van der Waals surface area contributed by atoms with Gasteiger partial charge in [-0.25, -0.2) is 18.1 Å². The summed E-state index contributed by atoms with van der Waals surface area (Å²) in [5.41, 5.74) is 10.3. The molecule has 1 fully saturated rings. The van der Waals surface area contributed by atoms with Crippen molar-refractivity contribution in [2.24, 2.45) is 5.73 Å². The molecule has 0 spiro atoms. The highest BCUT2D eigenvalue weighted by Gasteiger charge is 2.20. The number of hydrogen-bond acceptors (Lipinski definition) is 7. The fourth-order valence-electron chi connectivity index (χ4n) is 3.88. The molecule has 2 heterocycles. The number of sulfone groups is 1. The van der Waals surface area contributed by atoms with Crippen LogP contribution in [0, 0.1) is 0 Å². The standard InChI is InChI=1S/C22H25BrClN5O3S/c1-2-33(31,32)21-4-3-15(24)10-20(21)27-29-13-26-19-9-14(18(23)11-17(19)22(29)30)12-28-7-5-16(25)6-8-28/h3-4,9-11,13,16,27H,2,5-8,12,25H2,1H3. The second kappa shape index (κ2) is 9.71. The number of aromatic nitrogens is 2. The molecule has 0 saturated carbocycles. The van der Waals surface area contributed by atoms with Gasteiger partial charge in [-0.2, -0.15) is 0 Å². The van der Waals surface area contributed by atoms with E-state index in [0.717, 1.165) is 42.5 Å². The second-order valence-corrected chi connectivity index (χ2v) is 11.7. The number of hydrogen-bond donors (Lipinski definition) is 2. The summed E-state index contributed by atoms with van der Waals surface area (Å²) in [6, 6.07) is 8.34. The van der Waals surface area contributed by atoms with Gasteiger partial charge < -0.3 is 5.73 Å². The Kier molecular flexibility index (Phi) is 7.11. The SMILES string of the molecule is CCS(=O)(=O)c1ccc(Cl)cc1Nn1cnc2cc(CN3CCC(N)CC3)c(Br)cc2c1=O. The zero-order valence-electron chi connectivity index (χ0n) is 18.1. The molecule has 2 aromatic carbocycles. The summed E-state index contributed by atoms with van der Waals surface area (Å²) >= 11 is 9.68. The molecule has 176 valence electrons. The highest BCUT2D eigenvalue weighted by atomic mass is 79.9. The first-order chi connectivity index (χ1) is 15.7. The lowest BCUT2D eigenvalue weighted by Gasteiger charge is -2.30. The van der Waals surface area contributed by atoms with Gasteiger partial charge in [-0.15, -0.1) is 0 Å². The first-order valence-corrected chi connectivity index (χ1v) is 13.5. The van der Waals surface area contributed by atoms with Crippen LogP contribution in [0.15, 0.2) is 50.8 Å². The predicted octanol–water partition coefficient (Wildman–Crippen LogP) is 3.40. The minimum Gasteiger partial charge on any atom is -0.328 e. The van der Waals surface area contributed by atoms with Gasteiger partial charge in [0.1, 0.15) is 6.33 Å². The number of nitrogens with two attached hydrogens (primary N) is 1. The zero-order valence-corrected chi connectivity index (χ0v) is 21.3. The molecule has 0 radical (unpaired) electrons. The van der Waals surface area contributed by atoms with E-state index in [2.05, 4.69) is 31.2 Å². The highest BCUT2D eigenvalue weighted by molar-refractivity contribution is 9.10. The maximum Gasteiger partial charge on any atom is 0.280 e. The van der Waals surface area contributed by atoms with Crippen molar-refractivity contribution in [3.05, 3.63) is 62.1 Å². The summed E-state index contributed by atoms with van der Waals surface area (Å²) in [5, 5.41) is 0.753. The van der Waals surface area contributed by atoms with Crippen LogP contribution in [0.1, 0.15) is 25.3 Å². The molecule has 11 heteroatoms. The zero-order chi connectivity index (χ0) is 23.8. The van der Waals surface area contributed by atoms with Crippen LogP contribution in [0.4, 0.5) is 5.69 Å². The van der Waals surface area contributed by atoms with Crippen molar-refractivity contribution >= 4 is 54.0 Å². The lowest BCUT2D eigenvalue weighted by molar-refractivity contribution is 0.205. The number of halogens is 2. The van der Waals surface area contributed by atoms with Crippen LogP contribution >= 0.6 is 27.5 Å². The maximum absolute atomic E-state index is 13.2. The molecule has 3 aromatic rings. The number of anilines is 1. The van der Waals surface area contributed by atoms with Gasteiger partial charge in [0.2, 0.25) is 0 Å². The van der Waals surface area contributed by atoms with E-state index in [4.69, 9.17) is 17.3 Å². The predicted molar refractivity (Wildman–Crippen MR) is 134 cm³/mol. The van der Waals surface area contributed by atoms with Crippen molar-refractivity contribution in [1.29, 1.82) is 0 Å². The number of fused-ring (bicyclic) bond motifs is 1. The Morgan fingerprint density at radius 2 is 1.97 bits per heavy atom. The Morgan fingerprint density at radius 3 is 2.67 bits per heavy atom. The number of nitrogens with one attached hydrogen (secondary N) is 1. The Balaban J connectivity index is 1.67. The number of nitrogens with zero attached hydrogens (tertiary/aromatic N) is 3. The van der Waals surface area contributed by atoms with Crippen LogP contribution in [-0.4, -0.2) is 47.9 Å². The minimum absolute atomic E-state index is 0.0687. The van der Waals surface area contributed by atoms with Gasteiger partial charge in [-0.3, -0.25) is 15.1 Å². The fraction of sp³-hybridized carbons (Fsp3) is 0.364. The number of rotatable bonds is 6. The molecule has 4 rings (SSSR count). The van der Waals surface area contributed by atoms with Gasteiger partial charge in [0, 0.05) is 22.1 Å².